The highest BCUT2D eigenvalue weighted by atomic mass is 16.5. The van der Waals surface area contributed by atoms with Gasteiger partial charge in [-0.25, -0.2) is 0 Å². The summed E-state index contributed by atoms with van der Waals surface area (Å²) < 4.78 is 27.8. The summed E-state index contributed by atoms with van der Waals surface area (Å²) in [6.45, 7) is 0.0782. The number of methoxy groups -OCH3 is 1. The van der Waals surface area contributed by atoms with E-state index in [0.717, 1.165) is 0 Å². The SMILES string of the molecule is C#CCOc1cc(OCC#C)c2c(=O)cc(-c3ccc(OC)c(OCC#C)c3)oc2c1. The van der Waals surface area contributed by atoms with Crippen molar-refractivity contribution >= 4 is 11.0 Å². The fraction of sp³-hybridized carbons (Fsp3) is 0.160. The van der Waals surface area contributed by atoms with Gasteiger partial charge >= 0.3 is 0 Å². The third-order valence-corrected chi connectivity index (χ3v) is 4.16. The van der Waals surface area contributed by atoms with Crippen molar-refractivity contribution in [2.45, 2.75) is 0 Å². The van der Waals surface area contributed by atoms with Crippen LogP contribution < -0.4 is 24.4 Å². The molecule has 1 aromatic heterocycles. The molecule has 6 heteroatoms. The van der Waals surface area contributed by atoms with Crippen molar-refractivity contribution in [3.63, 3.8) is 0 Å². The lowest BCUT2D eigenvalue weighted by molar-refractivity contribution is 0.331. The van der Waals surface area contributed by atoms with Crippen molar-refractivity contribution in [1.82, 2.24) is 0 Å². The Morgan fingerprint density at radius 3 is 2.19 bits per heavy atom. The summed E-state index contributed by atoms with van der Waals surface area (Å²) in [6.07, 6.45) is 15.8. The van der Waals surface area contributed by atoms with Gasteiger partial charge in [-0.3, -0.25) is 4.79 Å². The van der Waals surface area contributed by atoms with E-state index in [1.165, 1.54) is 13.2 Å². The minimum Gasteiger partial charge on any atom is -0.493 e. The van der Waals surface area contributed by atoms with Crippen molar-refractivity contribution < 1.29 is 23.4 Å². The van der Waals surface area contributed by atoms with Gasteiger partial charge in [-0.05, 0) is 18.2 Å². The lowest BCUT2D eigenvalue weighted by atomic mass is 10.1. The molecule has 154 valence electrons. The molecule has 0 atom stereocenters. The van der Waals surface area contributed by atoms with Gasteiger partial charge in [0.25, 0.3) is 0 Å². The van der Waals surface area contributed by atoms with Crippen LogP contribution in [-0.4, -0.2) is 26.9 Å². The molecular weight excluding hydrogens is 396 g/mol. The Bertz CT molecular complexity index is 1280. The number of hydrogen-bond donors (Lipinski definition) is 0. The minimum atomic E-state index is -0.311. The number of benzene rings is 2. The summed E-state index contributed by atoms with van der Waals surface area (Å²) >= 11 is 0. The number of ether oxygens (including phenoxy) is 4. The number of terminal acetylenes is 3. The Hall–Kier alpha value is -4.47. The van der Waals surface area contributed by atoms with Gasteiger partial charge in [0.2, 0.25) is 0 Å². The Balaban J connectivity index is 2.15. The Kier molecular flexibility index (Phi) is 6.74. The van der Waals surface area contributed by atoms with Crippen molar-refractivity contribution in [2.75, 3.05) is 26.9 Å². The molecule has 0 aliphatic carbocycles. The van der Waals surface area contributed by atoms with Gasteiger partial charge in [0.05, 0.1) is 7.11 Å². The molecule has 1 heterocycles. The molecule has 31 heavy (non-hydrogen) atoms. The van der Waals surface area contributed by atoms with Crippen LogP contribution in [0.4, 0.5) is 0 Å². The van der Waals surface area contributed by atoms with E-state index in [2.05, 4.69) is 17.8 Å². The molecule has 3 rings (SSSR count). The molecule has 0 saturated heterocycles. The minimum absolute atomic E-state index is 0.0246. The molecule has 0 amide bonds. The Labute approximate surface area is 179 Å². The van der Waals surface area contributed by atoms with Crippen LogP contribution in [0.3, 0.4) is 0 Å². The molecular formula is C25H18O6. The first-order valence-electron chi connectivity index (χ1n) is 9.10. The monoisotopic (exact) mass is 414 g/mol. The highest BCUT2D eigenvalue weighted by molar-refractivity contribution is 5.86. The van der Waals surface area contributed by atoms with Crippen LogP contribution >= 0.6 is 0 Å². The second kappa shape index (κ2) is 9.83. The van der Waals surface area contributed by atoms with Crippen molar-refractivity contribution in [3.8, 4) is 71.4 Å². The van der Waals surface area contributed by atoms with Gasteiger partial charge < -0.3 is 23.4 Å². The highest BCUT2D eigenvalue weighted by Gasteiger charge is 2.16. The van der Waals surface area contributed by atoms with Crippen LogP contribution in [0.1, 0.15) is 0 Å². The third kappa shape index (κ3) is 4.75. The summed E-state index contributed by atoms with van der Waals surface area (Å²) in [5, 5.41) is 0.240. The number of hydrogen-bond acceptors (Lipinski definition) is 6. The maximum Gasteiger partial charge on any atom is 0.197 e. The molecule has 0 bridgehead atoms. The first kappa shape index (κ1) is 21.2. The smallest absolute Gasteiger partial charge is 0.197 e. The van der Waals surface area contributed by atoms with Crippen LogP contribution in [-0.2, 0) is 0 Å². The van der Waals surface area contributed by atoms with Crippen LogP contribution in [0.5, 0.6) is 23.0 Å². The number of fused-ring (bicyclic) bond motifs is 1. The molecule has 3 aromatic rings. The van der Waals surface area contributed by atoms with Gasteiger partial charge in [-0.1, -0.05) is 17.8 Å². The largest absolute Gasteiger partial charge is 0.493 e. The zero-order valence-electron chi connectivity index (χ0n) is 16.8. The third-order valence-electron chi connectivity index (χ3n) is 4.16. The second-order valence-corrected chi connectivity index (χ2v) is 6.11. The normalized spacial score (nSPS) is 9.87. The quantitative estimate of drug-likeness (QED) is 0.526. The zero-order chi connectivity index (χ0) is 22.2. The summed E-state index contributed by atoms with van der Waals surface area (Å²) in [7, 11) is 1.52. The topological polar surface area (TPSA) is 67.1 Å². The molecule has 0 saturated carbocycles. The number of rotatable bonds is 8. The lowest BCUT2D eigenvalue weighted by Crippen LogP contribution is -2.06. The van der Waals surface area contributed by atoms with Gasteiger partial charge in [0.1, 0.15) is 48.0 Å². The standard InChI is InChI=1S/C25H18O6/c1-5-10-28-18-14-23(30-12-7-3)25-19(26)16-21(31-24(25)15-18)17-8-9-20(27-4)22(13-17)29-11-6-2/h1-3,8-9,13-16H,10-12H2,4H3. The summed E-state index contributed by atoms with van der Waals surface area (Å²) in [5.41, 5.74) is 0.535. The average Bonchev–Trinajstić information content (AvgIpc) is 2.79. The molecule has 0 spiro atoms. The van der Waals surface area contributed by atoms with Crippen molar-refractivity contribution in [1.29, 1.82) is 0 Å². The van der Waals surface area contributed by atoms with Crippen molar-refractivity contribution in [2.24, 2.45) is 0 Å². The average molecular weight is 414 g/mol. The van der Waals surface area contributed by atoms with Gasteiger partial charge in [-0.2, -0.15) is 0 Å². The van der Waals surface area contributed by atoms with Crippen LogP contribution in [0.25, 0.3) is 22.3 Å². The van der Waals surface area contributed by atoms with E-state index in [-0.39, 0.29) is 42.0 Å². The molecule has 6 nitrogen and oxygen atoms in total. The van der Waals surface area contributed by atoms with Crippen LogP contribution in [0, 0.1) is 37.0 Å². The Morgan fingerprint density at radius 1 is 0.839 bits per heavy atom. The highest BCUT2D eigenvalue weighted by Crippen LogP contribution is 2.35. The van der Waals surface area contributed by atoms with E-state index in [9.17, 15) is 4.79 Å². The van der Waals surface area contributed by atoms with E-state index in [0.29, 0.717) is 28.6 Å². The molecule has 0 fully saturated rings. The van der Waals surface area contributed by atoms with E-state index >= 15 is 0 Å². The van der Waals surface area contributed by atoms with E-state index in [1.807, 2.05) is 0 Å². The maximum absolute atomic E-state index is 12.9. The molecule has 0 radical (unpaired) electrons. The van der Waals surface area contributed by atoms with E-state index in [4.69, 9.17) is 42.6 Å². The molecule has 0 N–H and O–H groups in total. The van der Waals surface area contributed by atoms with Gasteiger partial charge in [0, 0.05) is 23.8 Å². The fourth-order valence-corrected chi connectivity index (χ4v) is 2.87. The van der Waals surface area contributed by atoms with Gasteiger partial charge in [-0.15, -0.1) is 19.3 Å². The Morgan fingerprint density at radius 2 is 1.52 bits per heavy atom. The molecule has 0 aliphatic rings. The fourth-order valence-electron chi connectivity index (χ4n) is 2.87. The van der Waals surface area contributed by atoms with Crippen molar-refractivity contribution in [3.05, 3.63) is 46.6 Å². The van der Waals surface area contributed by atoms with E-state index in [1.54, 1.807) is 30.3 Å². The molecule has 2 aromatic carbocycles. The molecule has 0 aliphatic heterocycles. The zero-order valence-corrected chi connectivity index (χ0v) is 16.8. The predicted octanol–water partition coefficient (Wildman–Crippen LogP) is 3.50. The first-order chi connectivity index (χ1) is 15.1. The first-order valence-corrected chi connectivity index (χ1v) is 9.10. The lowest BCUT2D eigenvalue weighted by Gasteiger charge is -2.12. The second-order valence-electron chi connectivity index (χ2n) is 6.11. The maximum atomic E-state index is 12.9. The summed E-state index contributed by atoms with van der Waals surface area (Å²) in [5.74, 6) is 9.00. The van der Waals surface area contributed by atoms with Crippen LogP contribution in [0.2, 0.25) is 0 Å². The molecule has 0 unspecified atom stereocenters. The summed E-state index contributed by atoms with van der Waals surface area (Å²) in [4.78, 5) is 12.9. The van der Waals surface area contributed by atoms with Crippen LogP contribution in [0.15, 0.2) is 45.6 Å². The predicted molar refractivity (Wildman–Crippen MR) is 117 cm³/mol. The summed E-state index contributed by atoms with van der Waals surface area (Å²) in [6, 6.07) is 9.58. The van der Waals surface area contributed by atoms with E-state index < -0.39 is 0 Å². The van der Waals surface area contributed by atoms with Gasteiger partial charge in [0.15, 0.2) is 16.9 Å².